The lowest BCUT2D eigenvalue weighted by molar-refractivity contribution is -0.120. The molecule has 152 valence electrons. The van der Waals surface area contributed by atoms with Crippen molar-refractivity contribution in [3.8, 4) is 6.07 Å². The second-order valence-electron chi connectivity index (χ2n) is 9.09. The molecule has 4 rings (SSSR count). The van der Waals surface area contributed by atoms with Gasteiger partial charge in [0.15, 0.2) is 0 Å². The van der Waals surface area contributed by atoms with Crippen LogP contribution in [0.15, 0.2) is 30.5 Å². The van der Waals surface area contributed by atoms with Gasteiger partial charge in [0.05, 0.1) is 11.5 Å². The Morgan fingerprint density at radius 1 is 1.17 bits per heavy atom. The van der Waals surface area contributed by atoms with E-state index < -0.39 is 5.41 Å². The van der Waals surface area contributed by atoms with Crippen LogP contribution in [-0.4, -0.2) is 15.5 Å². The van der Waals surface area contributed by atoms with Crippen molar-refractivity contribution in [1.82, 2.24) is 9.55 Å². The summed E-state index contributed by atoms with van der Waals surface area (Å²) < 4.78 is 2.37. The number of carbonyl (C=O) groups is 1. The zero-order valence-electron chi connectivity index (χ0n) is 17.4. The predicted molar refractivity (Wildman–Crippen MR) is 114 cm³/mol. The Balaban J connectivity index is 1.40. The van der Waals surface area contributed by atoms with Gasteiger partial charge < -0.3 is 9.88 Å². The number of anilines is 1. The zero-order chi connectivity index (χ0) is 20.4. The predicted octanol–water partition coefficient (Wildman–Crippen LogP) is 4.93. The fourth-order valence-corrected chi connectivity index (χ4v) is 4.68. The van der Waals surface area contributed by atoms with Gasteiger partial charge in [0, 0.05) is 42.4 Å². The van der Waals surface area contributed by atoms with Crippen molar-refractivity contribution in [3.05, 3.63) is 47.5 Å². The van der Waals surface area contributed by atoms with Crippen LogP contribution in [0.2, 0.25) is 0 Å². The van der Waals surface area contributed by atoms with Crippen LogP contribution in [0, 0.1) is 17.2 Å². The number of nitrogens with one attached hydrogen (secondary N) is 1. The first-order valence-electron chi connectivity index (χ1n) is 10.8. The number of imidazole rings is 1. The van der Waals surface area contributed by atoms with E-state index in [1.807, 2.05) is 44.3 Å². The number of aromatic nitrogens is 2. The smallest absolute Gasteiger partial charge is 0.227 e. The Labute approximate surface area is 173 Å². The summed E-state index contributed by atoms with van der Waals surface area (Å²) in [4.78, 5) is 17.6. The van der Waals surface area contributed by atoms with Crippen molar-refractivity contribution in [2.45, 2.75) is 76.7 Å². The molecule has 2 aromatic rings. The second-order valence-corrected chi connectivity index (χ2v) is 9.09. The first kappa shape index (κ1) is 19.7. The monoisotopic (exact) mass is 390 g/mol. The largest absolute Gasteiger partial charge is 0.332 e. The van der Waals surface area contributed by atoms with Crippen LogP contribution in [-0.2, 0) is 23.2 Å². The van der Waals surface area contributed by atoms with Gasteiger partial charge in [-0.2, -0.15) is 5.26 Å². The van der Waals surface area contributed by atoms with Crippen LogP contribution in [0.1, 0.15) is 75.4 Å². The van der Waals surface area contributed by atoms with Crippen molar-refractivity contribution in [2.75, 3.05) is 5.32 Å². The number of amides is 1. The fourth-order valence-electron chi connectivity index (χ4n) is 4.68. The van der Waals surface area contributed by atoms with Gasteiger partial charge in [-0.25, -0.2) is 4.98 Å². The molecule has 1 aromatic carbocycles. The Bertz CT molecular complexity index is 913. The van der Waals surface area contributed by atoms with Gasteiger partial charge in [-0.1, -0.05) is 31.4 Å². The number of hydrogen-bond acceptors (Lipinski definition) is 3. The maximum atomic E-state index is 12.8. The summed E-state index contributed by atoms with van der Waals surface area (Å²) in [6, 6.07) is 9.93. The number of fused-ring (bicyclic) bond motifs is 1. The van der Waals surface area contributed by atoms with E-state index in [9.17, 15) is 10.1 Å². The van der Waals surface area contributed by atoms with Crippen molar-refractivity contribution in [2.24, 2.45) is 5.92 Å². The lowest BCUT2D eigenvalue weighted by Crippen LogP contribution is -2.31. The third-order valence-electron chi connectivity index (χ3n) is 6.62. The first-order chi connectivity index (χ1) is 14.0. The first-order valence-corrected chi connectivity index (χ1v) is 10.8. The molecule has 5 heteroatoms. The van der Waals surface area contributed by atoms with E-state index >= 15 is 0 Å². The van der Waals surface area contributed by atoms with Crippen LogP contribution in [0.3, 0.4) is 0 Å². The lowest BCUT2D eigenvalue weighted by Gasteiger charge is -2.27. The van der Waals surface area contributed by atoms with Crippen LogP contribution >= 0.6 is 0 Å². The molecule has 1 atom stereocenters. The molecule has 0 unspecified atom stereocenters. The average Bonchev–Trinajstić information content (AvgIpc) is 3.18. The van der Waals surface area contributed by atoms with E-state index in [-0.39, 0.29) is 11.8 Å². The van der Waals surface area contributed by atoms with Crippen molar-refractivity contribution < 1.29 is 4.79 Å². The third kappa shape index (κ3) is 4.07. The van der Waals surface area contributed by atoms with Crippen molar-refractivity contribution in [1.29, 1.82) is 5.26 Å². The highest BCUT2D eigenvalue weighted by molar-refractivity contribution is 5.92. The van der Waals surface area contributed by atoms with E-state index in [4.69, 9.17) is 4.98 Å². The van der Waals surface area contributed by atoms with Gasteiger partial charge >= 0.3 is 0 Å². The number of benzene rings is 1. The molecular weight excluding hydrogens is 360 g/mol. The number of rotatable bonds is 4. The highest BCUT2D eigenvalue weighted by Gasteiger charge is 2.29. The van der Waals surface area contributed by atoms with Crippen LogP contribution < -0.4 is 5.32 Å². The highest BCUT2D eigenvalue weighted by Crippen LogP contribution is 2.34. The van der Waals surface area contributed by atoms with Gasteiger partial charge in [-0.05, 0) is 50.8 Å². The van der Waals surface area contributed by atoms with E-state index in [0.717, 1.165) is 30.6 Å². The molecule has 1 amide bonds. The SMILES string of the molecule is CC(C)(C#N)c1ccc(NC(=O)[C@H]2CCn3c(cnc3C3CCCCC3)C2)cc1. The maximum Gasteiger partial charge on any atom is 0.227 e. The highest BCUT2D eigenvalue weighted by atomic mass is 16.1. The summed E-state index contributed by atoms with van der Waals surface area (Å²) in [7, 11) is 0. The molecule has 0 saturated heterocycles. The normalized spacial score (nSPS) is 20.0. The van der Waals surface area contributed by atoms with Gasteiger partial charge in [0.2, 0.25) is 5.91 Å². The minimum absolute atomic E-state index is 0.0198. The summed E-state index contributed by atoms with van der Waals surface area (Å²) in [6.07, 6.45) is 10.1. The molecule has 5 nitrogen and oxygen atoms in total. The third-order valence-corrected chi connectivity index (χ3v) is 6.62. The number of nitrogens with zero attached hydrogens (tertiary/aromatic N) is 3. The Hall–Kier alpha value is -2.61. The minimum Gasteiger partial charge on any atom is -0.332 e. The number of carbonyl (C=O) groups excluding carboxylic acids is 1. The van der Waals surface area contributed by atoms with Gasteiger partial charge in [-0.15, -0.1) is 0 Å². The molecule has 2 aliphatic rings. The van der Waals surface area contributed by atoms with Gasteiger partial charge in [0.25, 0.3) is 0 Å². The molecule has 1 N–H and O–H groups in total. The maximum absolute atomic E-state index is 12.8. The molecule has 0 spiro atoms. The van der Waals surface area contributed by atoms with E-state index in [0.29, 0.717) is 5.92 Å². The molecule has 0 radical (unpaired) electrons. The van der Waals surface area contributed by atoms with Crippen LogP contribution in [0.4, 0.5) is 5.69 Å². The van der Waals surface area contributed by atoms with Gasteiger partial charge in [0.1, 0.15) is 5.82 Å². The Morgan fingerprint density at radius 2 is 1.90 bits per heavy atom. The Kier molecular flexibility index (Phi) is 5.45. The molecule has 0 bridgehead atoms. The van der Waals surface area contributed by atoms with Crippen LogP contribution in [0.25, 0.3) is 0 Å². The summed E-state index contributed by atoms with van der Waals surface area (Å²) in [5.41, 5.74) is 2.41. The van der Waals surface area contributed by atoms with Crippen LogP contribution in [0.5, 0.6) is 0 Å². The molecule has 1 aliphatic carbocycles. The summed E-state index contributed by atoms with van der Waals surface area (Å²) in [5, 5.41) is 12.3. The Morgan fingerprint density at radius 3 is 2.59 bits per heavy atom. The minimum atomic E-state index is -0.527. The van der Waals surface area contributed by atoms with E-state index in [2.05, 4.69) is 16.0 Å². The number of hydrogen-bond donors (Lipinski definition) is 1. The average molecular weight is 391 g/mol. The molecule has 1 aliphatic heterocycles. The molecule has 2 heterocycles. The summed E-state index contributed by atoms with van der Waals surface area (Å²) in [5.74, 6) is 1.89. The standard InChI is InChI=1S/C24H30N4O/c1-24(2,16-25)19-8-10-20(11-9-19)27-23(29)18-12-13-28-21(14-18)15-26-22(28)17-6-4-3-5-7-17/h8-11,15,17-18H,3-7,12-14H2,1-2H3,(H,27,29)/t18-/m0/s1. The van der Waals surface area contributed by atoms with Crippen molar-refractivity contribution in [3.63, 3.8) is 0 Å². The fraction of sp³-hybridized carbons (Fsp3) is 0.542. The quantitative estimate of drug-likeness (QED) is 0.804. The lowest BCUT2D eigenvalue weighted by atomic mass is 9.86. The van der Waals surface area contributed by atoms with Gasteiger partial charge in [-0.3, -0.25) is 4.79 Å². The van der Waals surface area contributed by atoms with Crippen molar-refractivity contribution >= 4 is 11.6 Å². The number of nitriles is 1. The molecular formula is C24H30N4O. The molecule has 1 fully saturated rings. The van der Waals surface area contributed by atoms with E-state index in [1.54, 1.807) is 0 Å². The van der Waals surface area contributed by atoms with E-state index in [1.165, 1.54) is 43.6 Å². The summed E-state index contributed by atoms with van der Waals surface area (Å²) in [6.45, 7) is 4.68. The molecule has 29 heavy (non-hydrogen) atoms. The molecule has 1 aromatic heterocycles. The zero-order valence-corrected chi connectivity index (χ0v) is 17.4. The molecule has 1 saturated carbocycles. The topological polar surface area (TPSA) is 70.7 Å². The summed E-state index contributed by atoms with van der Waals surface area (Å²) >= 11 is 0. The second kappa shape index (κ2) is 8.02.